The van der Waals surface area contributed by atoms with Gasteiger partial charge in [-0.1, -0.05) is 18.2 Å². The maximum Gasteiger partial charge on any atom is 0.190 e. The van der Waals surface area contributed by atoms with Gasteiger partial charge in [-0.25, -0.2) is 0 Å². The van der Waals surface area contributed by atoms with Gasteiger partial charge in [-0.15, -0.1) is 24.0 Å². The number of nitrogens with zero attached hydrogens (tertiary/aromatic N) is 3. The molecule has 3 N–H and O–H groups in total. The van der Waals surface area contributed by atoms with Crippen LogP contribution in [0, 0.1) is 6.92 Å². The Labute approximate surface area is 171 Å². The zero-order chi connectivity index (χ0) is 17.5. The molecule has 0 spiro atoms. The van der Waals surface area contributed by atoms with Crippen molar-refractivity contribution in [2.75, 3.05) is 20.1 Å². The third kappa shape index (κ3) is 5.23. The second-order valence-electron chi connectivity index (χ2n) is 6.11. The molecule has 0 saturated heterocycles. The van der Waals surface area contributed by atoms with E-state index in [4.69, 9.17) is 0 Å². The molecule has 0 radical (unpaired) electrons. The molecule has 0 saturated carbocycles. The molecule has 2 heterocycles. The lowest BCUT2D eigenvalue weighted by Gasteiger charge is -2.11. The predicted molar refractivity (Wildman–Crippen MR) is 118 cm³/mol. The van der Waals surface area contributed by atoms with Gasteiger partial charge in [0.1, 0.15) is 0 Å². The maximum atomic E-state index is 4.28. The van der Waals surface area contributed by atoms with Crippen LogP contribution < -0.4 is 10.6 Å². The number of nitrogens with one attached hydrogen (secondary N) is 3. The Balaban J connectivity index is 0.00000243. The molecular weight excluding hydrogens is 439 g/mol. The Hall–Kier alpha value is -2.03. The van der Waals surface area contributed by atoms with Gasteiger partial charge >= 0.3 is 0 Å². The first-order valence-corrected chi connectivity index (χ1v) is 8.75. The zero-order valence-electron chi connectivity index (χ0n) is 15.3. The molecule has 6 nitrogen and oxygen atoms in total. The van der Waals surface area contributed by atoms with Crippen molar-refractivity contribution in [1.82, 2.24) is 25.4 Å². The van der Waals surface area contributed by atoms with E-state index in [1.807, 2.05) is 16.9 Å². The molecule has 3 rings (SSSR count). The van der Waals surface area contributed by atoms with Crippen LogP contribution in [0.25, 0.3) is 10.9 Å². The number of aryl methyl sites for hydroxylation is 2. The van der Waals surface area contributed by atoms with E-state index in [0.717, 1.165) is 38.4 Å². The van der Waals surface area contributed by atoms with Crippen molar-refractivity contribution in [2.24, 2.45) is 4.99 Å². The highest BCUT2D eigenvalue weighted by Gasteiger charge is 2.05. The minimum Gasteiger partial charge on any atom is -0.361 e. The number of guanidine groups is 1. The van der Waals surface area contributed by atoms with Gasteiger partial charge in [0.2, 0.25) is 0 Å². The molecule has 0 aliphatic heterocycles. The number of aromatic nitrogens is 3. The summed E-state index contributed by atoms with van der Waals surface area (Å²) in [7, 11) is 1.80. The summed E-state index contributed by atoms with van der Waals surface area (Å²) in [4.78, 5) is 7.66. The van der Waals surface area contributed by atoms with Gasteiger partial charge in [-0.2, -0.15) is 5.10 Å². The van der Waals surface area contributed by atoms with Crippen LogP contribution in [0.3, 0.4) is 0 Å². The highest BCUT2D eigenvalue weighted by Crippen LogP contribution is 2.21. The summed E-state index contributed by atoms with van der Waals surface area (Å²) < 4.78 is 1.94. The first-order chi connectivity index (χ1) is 12.3. The molecule has 7 heteroatoms. The Morgan fingerprint density at radius 2 is 2.08 bits per heavy atom. The molecule has 0 bridgehead atoms. The number of hydrogen-bond acceptors (Lipinski definition) is 2. The number of aromatic amines is 1. The number of hydrogen-bond donors (Lipinski definition) is 3. The third-order valence-electron chi connectivity index (χ3n) is 4.34. The van der Waals surface area contributed by atoms with Crippen LogP contribution in [-0.2, 0) is 13.0 Å². The van der Waals surface area contributed by atoms with Gasteiger partial charge in [0, 0.05) is 56.2 Å². The molecule has 0 unspecified atom stereocenters. The number of para-hydroxylation sites is 1. The first kappa shape index (κ1) is 20.3. The Morgan fingerprint density at radius 1 is 1.23 bits per heavy atom. The number of fused-ring (bicyclic) bond motifs is 1. The van der Waals surface area contributed by atoms with Crippen LogP contribution in [0.4, 0.5) is 0 Å². The van der Waals surface area contributed by atoms with Gasteiger partial charge in [0.15, 0.2) is 5.96 Å². The molecule has 140 valence electrons. The van der Waals surface area contributed by atoms with Crippen molar-refractivity contribution < 1.29 is 0 Å². The van der Waals surface area contributed by atoms with Crippen molar-refractivity contribution in [2.45, 2.75) is 26.3 Å². The molecule has 0 amide bonds. The predicted octanol–water partition coefficient (Wildman–Crippen LogP) is 3.09. The third-order valence-corrected chi connectivity index (χ3v) is 4.34. The first-order valence-electron chi connectivity index (χ1n) is 8.75. The van der Waals surface area contributed by atoms with Crippen molar-refractivity contribution in [3.8, 4) is 0 Å². The van der Waals surface area contributed by atoms with Crippen LogP contribution in [0.15, 0.2) is 47.8 Å². The number of benzene rings is 1. The average molecular weight is 466 g/mol. The minimum absolute atomic E-state index is 0. The molecule has 0 fully saturated rings. The molecular formula is C19H27IN6. The summed E-state index contributed by atoms with van der Waals surface area (Å²) in [6, 6.07) is 8.37. The second kappa shape index (κ2) is 10.2. The monoisotopic (exact) mass is 466 g/mol. The van der Waals surface area contributed by atoms with Crippen LogP contribution in [-0.4, -0.2) is 40.9 Å². The highest BCUT2D eigenvalue weighted by atomic mass is 127. The van der Waals surface area contributed by atoms with Crippen molar-refractivity contribution >= 4 is 40.8 Å². The van der Waals surface area contributed by atoms with Crippen molar-refractivity contribution in [1.29, 1.82) is 0 Å². The van der Waals surface area contributed by atoms with E-state index in [1.165, 1.54) is 22.0 Å². The molecule has 0 aliphatic rings. The van der Waals surface area contributed by atoms with Crippen LogP contribution in [0.2, 0.25) is 0 Å². The summed E-state index contributed by atoms with van der Waals surface area (Å²) in [6.07, 6.45) is 7.86. The minimum atomic E-state index is 0. The van der Waals surface area contributed by atoms with Crippen LogP contribution in [0.5, 0.6) is 0 Å². The van der Waals surface area contributed by atoms with E-state index >= 15 is 0 Å². The summed E-state index contributed by atoms with van der Waals surface area (Å²) in [5, 5.41) is 12.2. The zero-order valence-corrected chi connectivity index (χ0v) is 17.7. The average Bonchev–Trinajstić information content (AvgIpc) is 3.28. The summed E-state index contributed by atoms with van der Waals surface area (Å²) in [6.45, 7) is 4.76. The second-order valence-corrected chi connectivity index (χ2v) is 6.11. The van der Waals surface area contributed by atoms with Crippen molar-refractivity contribution in [3.05, 3.63) is 54.0 Å². The van der Waals surface area contributed by atoms with Crippen LogP contribution in [0.1, 0.15) is 17.5 Å². The number of rotatable bonds is 7. The van der Waals surface area contributed by atoms with E-state index in [-0.39, 0.29) is 24.0 Å². The van der Waals surface area contributed by atoms with E-state index in [0.29, 0.717) is 0 Å². The number of H-pyrrole nitrogens is 1. The smallest absolute Gasteiger partial charge is 0.190 e. The standard InChI is InChI=1S/C19H26N6.HI/c1-15-6-3-7-17-16(14-23-18(15)17)8-11-22-19(20-2)21-9-4-12-25-13-5-10-24-25;/h3,5-7,10,13-14,23H,4,8-9,11-12H2,1-2H3,(H2,20,21,22);1H. The quantitative estimate of drug-likeness (QED) is 0.217. The van der Waals surface area contributed by atoms with Crippen LogP contribution >= 0.6 is 24.0 Å². The largest absolute Gasteiger partial charge is 0.361 e. The van der Waals surface area contributed by atoms with E-state index in [1.54, 1.807) is 13.2 Å². The normalized spacial score (nSPS) is 11.4. The Bertz CT molecular complexity index is 822. The Kier molecular flexibility index (Phi) is 7.96. The van der Waals surface area contributed by atoms with E-state index in [2.05, 4.69) is 57.0 Å². The van der Waals surface area contributed by atoms with Gasteiger partial charge < -0.3 is 15.6 Å². The lowest BCUT2D eigenvalue weighted by atomic mass is 10.1. The number of aliphatic imine (C=N–C) groups is 1. The highest BCUT2D eigenvalue weighted by molar-refractivity contribution is 14.0. The lowest BCUT2D eigenvalue weighted by Crippen LogP contribution is -2.39. The summed E-state index contributed by atoms with van der Waals surface area (Å²) in [5.41, 5.74) is 3.85. The maximum absolute atomic E-state index is 4.28. The van der Waals surface area contributed by atoms with Gasteiger partial charge in [-0.3, -0.25) is 9.67 Å². The fraction of sp³-hybridized carbons (Fsp3) is 0.368. The lowest BCUT2D eigenvalue weighted by molar-refractivity contribution is 0.570. The number of halogens is 1. The Morgan fingerprint density at radius 3 is 2.85 bits per heavy atom. The molecule has 0 aliphatic carbocycles. The molecule has 0 atom stereocenters. The summed E-state index contributed by atoms with van der Waals surface area (Å²) in [5.74, 6) is 0.844. The molecule has 2 aromatic heterocycles. The van der Waals surface area contributed by atoms with Gasteiger partial charge in [0.05, 0.1) is 0 Å². The fourth-order valence-corrected chi connectivity index (χ4v) is 2.99. The SMILES string of the molecule is CN=C(NCCCn1cccn1)NCCc1c[nH]c2c(C)cccc12.I. The molecule has 26 heavy (non-hydrogen) atoms. The van der Waals surface area contributed by atoms with Gasteiger partial charge in [0.25, 0.3) is 0 Å². The molecule has 3 aromatic rings. The van der Waals surface area contributed by atoms with Gasteiger partial charge in [-0.05, 0) is 37.0 Å². The fourth-order valence-electron chi connectivity index (χ4n) is 2.99. The molecule has 1 aromatic carbocycles. The van der Waals surface area contributed by atoms with E-state index in [9.17, 15) is 0 Å². The van der Waals surface area contributed by atoms with Crippen molar-refractivity contribution in [3.63, 3.8) is 0 Å². The summed E-state index contributed by atoms with van der Waals surface area (Å²) >= 11 is 0. The topological polar surface area (TPSA) is 70.0 Å². The van der Waals surface area contributed by atoms with E-state index < -0.39 is 0 Å².